The normalized spacial score (nSPS) is 21.1. The number of methoxy groups -OCH3 is 1. The number of amides is 1. The van der Waals surface area contributed by atoms with E-state index in [0.29, 0.717) is 17.1 Å². The van der Waals surface area contributed by atoms with Gasteiger partial charge in [0.15, 0.2) is 0 Å². The number of nitrogens with two attached hydrogens (primary N) is 1. The molecule has 1 aromatic rings. The molecule has 0 heterocycles. The molecule has 1 aromatic carbocycles. The minimum absolute atomic E-state index is 0.0543. The summed E-state index contributed by atoms with van der Waals surface area (Å²) >= 11 is 0. The second kappa shape index (κ2) is 5.11. The first-order valence-electron chi connectivity index (χ1n) is 6.68. The van der Waals surface area contributed by atoms with Crippen molar-refractivity contribution in [2.24, 2.45) is 11.3 Å². The summed E-state index contributed by atoms with van der Waals surface area (Å²) in [7, 11) is 1.58. The molecule has 104 valence electrons. The number of nitrogen functional groups attached to an aromatic ring is 1. The molecule has 0 bridgehead atoms. The van der Waals surface area contributed by atoms with E-state index in [9.17, 15) is 4.79 Å². The van der Waals surface area contributed by atoms with E-state index >= 15 is 0 Å². The van der Waals surface area contributed by atoms with E-state index in [0.717, 1.165) is 19.3 Å². The van der Waals surface area contributed by atoms with Gasteiger partial charge in [-0.25, -0.2) is 0 Å². The van der Waals surface area contributed by atoms with Crippen molar-refractivity contribution >= 4 is 17.3 Å². The van der Waals surface area contributed by atoms with Gasteiger partial charge in [-0.15, -0.1) is 0 Å². The number of carbonyl (C=O) groups is 1. The minimum Gasteiger partial charge on any atom is -0.495 e. The van der Waals surface area contributed by atoms with Gasteiger partial charge in [-0.05, 0) is 36.5 Å². The highest BCUT2D eigenvalue weighted by molar-refractivity contribution is 5.95. The molecule has 1 aliphatic rings. The van der Waals surface area contributed by atoms with E-state index in [2.05, 4.69) is 19.2 Å². The Bertz CT molecular complexity index is 483. The van der Waals surface area contributed by atoms with Gasteiger partial charge in [-0.3, -0.25) is 4.79 Å². The topological polar surface area (TPSA) is 64.3 Å². The molecule has 1 aliphatic carbocycles. The predicted octanol–water partition coefficient (Wildman–Crippen LogP) is 3.04. The first-order valence-corrected chi connectivity index (χ1v) is 6.68. The average Bonchev–Trinajstić information content (AvgIpc) is 2.69. The van der Waals surface area contributed by atoms with Gasteiger partial charge in [-0.2, -0.15) is 0 Å². The lowest BCUT2D eigenvalue weighted by Gasteiger charge is -2.26. The highest BCUT2D eigenvalue weighted by atomic mass is 16.5. The maximum absolute atomic E-state index is 12.4. The van der Waals surface area contributed by atoms with Gasteiger partial charge >= 0.3 is 0 Å². The molecule has 1 saturated carbocycles. The molecule has 1 fully saturated rings. The smallest absolute Gasteiger partial charge is 0.228 e. The number of hydrogen-bond donors (Lipinski definition) is 2. The summed E-state index contributed by atoms with van der Waals surface area (Å²) in [4.78, 5) is 12.4. The van der Waals surface area contributed by atoms with E-state index < -0.39 is 0 Å². The van der Waals surface area contributed by atoms with E-state index in [1.165, 1.54) is 0 Å². The van der Waals surface area contributed by atoms with Gasteiger partial charge < -0.3 is 15.8 Å². The lowest BCUT2D eigenvalue weighted by Crippen LogP contribution is -2.30. The molecule has 1 unspecified atom stereocenters. The van der Waals surface area contributed by atoms with Gasteiger partial charge in [0, 0.05) is 11.6 Å². The van der Waals surface area contributed by atoms with Crippen molar-refractivity contribution in [1.82, 2.24) is 0 Å². The van der Waals surface area contributed by atoms with Crippen LogP contribution in [-0.2, 0) is 4.79 Å². The van der Waals surface area contributed by atoms with Gasteiger partial charge in [0.2, 0.25) is 5.91 Å². The monoisotopic (exact) mass is 262 g/mol. The quantitative estimate of drug-likeness (QED) is 0.823. The van der Waals surface area contributed by atoms with Crippen LogP contribution in [0, 0.1) is 11.3 Å². The zero-order valence-electron chi connectivity index (χ0n) is 11.8. The SMILES string of the molecule is COc1ccc(N)cc1NC(=O)C1CCCC1(C)C. The van der Waals surface area contributed by atoms with Crippen LogP contribution >= 0.6 is 0 Å². The molecule has 2 rings (SSSR count). The molecule has 4 heteroatoms. The van der Waals surface area contributed by atoms with Crippen molar-refractivity contribution in [3.63, 3.8) is 0 Å². The second-order valence-corrected chi connectivity index (χ2v) is 5.88. The summed E-state index contributed by atoms with van der Waals surface area (Å²) in [5.74, 6) is 0.753. The summed E-state index contributed by atoms with van der Waals surface area (Å²) < 4.78 is 5.25. The van der Waals surface area contributed by atoms with Crippen LogP contribution in [0.3, 0.4) is 0 Å². The Hall–Kier alpha value is -1.71. The maximum atomic E-state index is 12.4. The Morgan fingerprint density at radius 1 is 1.47 bits per heavy atom. The van der Waals surface area contributed by atoms with Gasteiger partial charge in [0.25, 0.3) is 0 Å². The third-order valence-corrected chi connectivity index (χ3v) is 4.06. The van der Waals surface area contributed by atoms with Crippen LogP contribution in [0.1, 0.15) is 33.1 Å². The fraction of sp³-hybridized carbons (Fsp3) is 0.533. The molecular formula is C15H22N2O2. The predicted molar refractivity (Wildman–Crippen MR) is 77.2 cm³/mol. The molecule has 1 amide bonds. The molecular weight excluding hydrogens is 240 g/mol. The minimum atomic E-state index is 0.0543. The third kappa shape index (κ3) is 2.83. The molecule has 19 heavy (non-hydrogen) atoms. The zero-order valence-corrected chi connectivity index (χ0v) is 11.8. The summed E-state index contributed by atoms with van der Waals surface area (Å²) in [6.07, 6.45) is 3.15. The Morgan fingerprint density at radius 3 is 2.79 bits per heavy atom. The fourth-order valence-electron chi connectivity index (χ4n) is 2.86. The van der Waals surface area contributed by atoms with E-state index in [1.54, 1.807) is 25.3 Å². The third-order valence-electron chi connectivity index (χ3n) is 4.06. The zero-order chi connectivity index (χ0) is 14.0. The highest BCUT2D eigenvalue weighted by Crippen LogP contribution is 2.43. The number of benzene rings is 1. The van der Waals surface area contributed by atoms with Crippen molar-refractivity contribution < 1.29 is 9.53 Å². The number of carbonyl (C=O) groups excluding carboxylic acids is 1. The van der Waals surface area contributed by atoms with Crippen LogP contribution in [0.5, 0.6) is 5.75 Å². The van der Waals surface area contributed by atoms with Crippen molar-refractivity contribution in [3.8, 4) is 5.75 Å². The summed E-state index contributed by atoms with van der Waals surface area (Å²) in [5.41, 5.74) is 7.09. The van der Waals surface area contributed by atoms with Crippen LogP contribution < -0.4 is 15.8 Å². The summed E-state index contributed by atoms with van der Waals surface area (Å²) in [6.45, 7) is 4.31. The van der Waals surface area contributed by atoms with Gasteiger partial charge in [-0.1, -0.05) is 20.3 Å². The number of rotatable bonds is 3. The van der Waals surface area contributed by atoms with Crippen molar-refractivity contribution in [2.75, 3.05) is 18.2 Å². The van der Waals surface area contributed by atoms with Crippen molar-refractivity contribution in [2.45, 2.75) is 33.1 Å². The van der Waals surface area contributed by atoms with E-state index in [4.69, 9.17) is 10.5 Å². The summed E-state index contributed by atoms with van der Waals surface area (Å²) in [6, 6.07) is 5.26. The first kappa shape index (κ1) is 13.7. The Labute approximate surface area is 114 Å². The number of hydrogen-bond acceptors (Lipinski definition) is 3. The Balaban J connectivity index is 2.17. The molecule has 0 radical (unpaired) electrons. The van der Waals surface area contributed by atoms with Crippen LogP contribution in [0.15, 0.2) is 18.2 Å². The number of ether oxygens (including phenoxy) is 1. The first-order chi connectivity index (χ1) is 8.94. The Morgan fingerprint density at radius 2 is 2.21 bits per heavy atom. The van der Waals surface area contributed by atoms with Crippen molar-refractivity contribution in [1.29, 1.82) is 0 Å². The van der Waals surface area contributed by atoms with Crippen LogP contribution in [0.4, 0.5) is 11.4 Å². The Kier molecular flexibility index (Phi) is 3.69. The average molecular weight is 262 g/mol. The van der Waals surface area contributed by atoms with Gasteiger partial charge in [0.1, 0.15) is 5.75 Å². The molecule has 3 N–H and O–H groups in total. The van der Waals surface area contributed by atoms with Crippen LogP contribution in [0.25, 0.3) is 0 Å². The molecule has 1 atom stereocenters. The molecule has 0 spiro atoms. The molecule has 0 aliphatic heterocycles. The van der Waals surface area contributed by atoms with E-state index in [1.807, 2.05) is 0 Å². The highest BCUT2D eigenvalue weighted by Gasteiger charge is 2.39. The number of nitrogens with one attached hydrogen (secondary N) is 1. The van der Waals surface area contributed by atoms with Gasteiger partial charge in [0.05, 0.1) is 12.8 Å². The number of anilines is 2. The molecule has 4 nitrogen and oxygen atoms in total. The van der Waals surface area contributed by atoms with Crippen LogP contribution in [-0.4, -0.2) is 13.0 Å². The standard InChI is InChI=1S/C15H22N2O2/c1-15(2)8-4-5-11(15)14(18)17-12-9-10(16)6-7-13(12)19-3/h6-7,9,11H,4-5,8,16H2,1-3H3,(H,17,18). The molecule has 0 aromatic heterocycles. The van der Waals surface area contributed by atoms with E-state index in [-0.39, 0.29) is 17.2 Å². The fourth-order valence-corrected chi connectivity index (χ4v) is 2.86. The lowest BCUT2D eigenvalue weighted by molar-refractivity contribution is -0.122. The maximum Gasteiger partial charge on any atom is 0.228 e. The lowest BCUT2D eigenvalue weighted by atomic mass is 9.81. The summed E-state index contributed by atoms with van der Waals surface area (Å²) in [5, 5.41) is 2.96. The second-order valence-electron chi connectivity index (χ2n) is 5.88. The van der Waals surface area contributed by atoms with Crippen molar-refractivity contribution in [3.05, 3.63) is 18.2 Å². The van der Waals surface area contributed by atoms with Crippen LogP contribution in [0.2, 0.25) is 0 Å². The molecule has 0 saturated heterocycles. The largest absolute Gasteiger partial charge is 0.495 e.